The first-order chi connectivity index (χ1) is 29.4. The minimum Gasteiger partial charge on any atom is -0.477 e. The van der Waals surface area contributed by atoms with E-state index in [4.69, 9.17) is 4.74 Å². The van der Waals surface area contributed by atoms with Crippen LogP contribution in [0.25, 0.3) is 11.3 Å². The van der Waals surface area contributed by atoms with E-state index >= 15 is 8.78 Å². The third-order valence-corrected chi connectivity index (χ3v) is 12.2. The summed E-state index contributed by atoms with van der Waals surface area (Å²) in [4.78, 5) is 67.4. The van der Waals surface area contributed by atoms with Crippen molar-refractivity contribution >= 4 is 41.0 Å². The van der Waals surface area contributed by atoms with Gasteiger partial charge < -0.3 is 24.8 Å². The second kappa shape index (κ2) is 17.5. The summed E-state index contributed by atoms with van der Waals surface area (Å²) in [6.45, 7) is 9.54. The number of nitrogens with one attached hydrogen (secondary N) is 2. The fourth-order valence-corrected chi connectivity index (χ4v) is 8.99. The number of hydrogen-bond acceptors (Lipinski definition) is 10. The number of guanidine groups is 1. The lowest BCUT2D eigenvalue weighted by Crippen LogP contribution is -2.47. The van der Waals surface area contributed by atoms with Crippen molar-refractivity contribution < 1.29 is 32.7 Å². The number of benzene rings is 2. The minimum atomic E-state index is -1.03. The van der Waals surface area contributed by atoms with Crippen LogP contribution in [0, 0.1) is 24.5 Å². The maximum absolute atomic E-state index is 15.1. The molecule has 2 bridgehead atoms. The van der Waals surface area contributed by atoms with E-state index in [2.05, 4.69) is 37.5 Å². The summed E-state index contributed by atoms with van der Waals surface area (Å²) in [6, 6.07) is 11.6. The van der Waals surface area contributed by atoms with Gasteiger partial charge in [0, 0.05) is 74.6 Å². The van der Waals surface area contributed by atoms with Gasteiger partial charge in [0.25, 0.3) is 11.8 Å². The largest absolute Gasteiger partial charge is 0.477 e. The van der Waals surface area contributed by atoms with Gasteiger partial charge in [0.1, 0.15) is 11.6 Å². The number of pyridine rings is 1. The van der Waals surface area contributed by atoms with Crippen LogP contribution in [0.15, 0.2) is 53.7 Å². The topological polar surface area (TPSA) is 154 Å². The van der Waals surface area contributed by atoms with Gasteiger partial charge in [0.15, 0.2) is 0 Å². The third-order valence-electron chi connectivity index (χ3n) is 12.2. The molecule has 14 nitrogen and oxygen atoms in total. The van der Waals surface area contributed by atoms with Crippen molar-refractivity contribution in [2.75, 3.05) is 49.5 Å². The molecular formula is C45H51F2N9O5. The van der Waals surface area contributed by atoms with Crippen LogP contribution in [-0.4, -0.2) is 99.5 Å². The predicted octanol–water partition coefficient (Wildman–Crippen LogP) is 6.00. The van der Waals surface area contributed by atoms with Crippen molar-refractivity contribution in [3.8, 4) is 17.1 Å². The number of amides is 4. The Morgan fingerprint density at radius 3 is 2.51 bits per heavy atom. The standard InChI is InChI=1S/C45H51F2N9O5/c1-5-55(31-13-16-54(17-14-31)15-12-28-20-34(46)40(35(47)21-28)32-9-11-39(57)51-42(32)59)43(60)29-8-10-36-38(23-29)56-25-26(2)7-6-18-61-44-33(24-48-53(44)4)37-22-30(19-27(3)49-37)41(58)52-45(56)50-36/h8,10,19-24,26,31-32H,5-7,9,11-18,25H2,1-4H3,(H,50,52,58)(H,51,57,59)/t26-,32-/m1/s1. The Kier molecular flexibility index (Phi) is 12.0. The molecule has 320 valence electrons. The van der Waals surface area contributed by atoms with Gasteiger partial charge in [0.2, 0.25) is 23.7 Å². The van der Waals surface area contributed by atoms with Gasteiger partial charge in [-0.15, -0.1) is 0 Å². The summed E-state index contributed by atoms with van der Waals surface area (Å²) in [5, 5.41) is 9.91. The number of anilines is 2. The number of aliphatic imine (C=N–C) groups is 1. The first-order valence-electron chi connectivity index (χ1n) is 21.2. The molecule has 2 fully saturated rings. The van der Waals surface area contributed by atoms with E-state index in [0.29, 0.717) is 91.2 Å². The summed E-state index contributed by atoms with van der Waals surface area (Å²) in [5.41, 5.74) is 4.60. The molecule has 6 heterocycles. The van der Waals surface area contributed by atoms with Crippen LogP contribution in [0.5, 0.6) is 5.88 Å². The second-order valence-corrected chi connectivity index (χ2v) is 16.6. The van der Waals surface area contributed by atoms with Gasteiger partial charge in [-0.25, -0.2) is 13.5 Å². The summed E-state index contributed by atoms with van der Waals surface area (Å²) in [6.07, 6.45) is 5.35. The van der Waals surface area contributed by atoms with Crippen molar-refractivity contribution in [3.05, 3.63) is 88.2 Å². The fourth-order valence-electron chi connectivity index (χ4n) is 8.99. The Labute approximate surface area is 353 Å². The number of rotatable bonds is 7. The number of aromatic nitrogens is 3. The molecule has 4 amide bonds. The minimum absolute atomic E-state index is 0.00850. The normalized spacial score (nSPS) is 20.9. The van der Waals surface area contributed by atoms with E-state index in [1.54, 1.807) is 23.0 Å². The smallest absolute Gasteiger partial charge is 0.280 e. The molecule has 61 heavy (non-hydrogen) atoms. The maximum atomic E-state index is 15.1. The number of likely N-dealkylation sites (tertiary alicyclic amines) is 1. The van der Waals surface area contributed by atoms with Crippen molar-refractivity contribution in [1.82, 2.24) is 29.9 Å². The lowest BCUT2D eigenvalue weighted by atomic mass is 9.89. The highest BCUT2D eigenvalue weighted by molar-refractivity contribution is 6.19. The predicted molar refractivity (Wildman–Crippen MR) is 226 cm³/mol. The molecule has 0 unspecified atom stereocenters. The van der Waals surface area contributed by atoms with E-state index < -0.39 is 35.3 Å². The number of imide groups is 1. The molecule has 0 saturated carbocycles. The lowest BCUT2D eigenvalue weighted by Gasteiger charge is -2.38. The van der Waals surface area contributed by atoms with Crippen molar-refractivity contribution in [2.45, 2.75) is 77.7 Å². The van der Waals surface area contributed by atoms with E-state index in [1.807, 2.05) is 48.9 Å². The average Bonchev–Trinajstić information content (AvgIpc) is 3.77. The number of nitrogens with zero attached hydrogens (tertiary/aromatic N) is 7. The van der Waals surface area contributed by atoms with E-state index in [-0.39, 0.29) is 36.3 Å². The zero-order valence-electron chi connectivity index (χ0n) is 35.0. The molecule has 2 atom stereocenters. The summed E-state index contributed by atoms with van der Waals surface area (Å²) in [7, 11) is 1.82. The number of hydrogen-bond donors (Lipinski definition) is 2. The summed E-state index contributed by atoms with van der Waals surface area (Å²) < 4.78 is 38.2. The highest BCUT2D eigenvalue weighted by atomic mass is 19.1. The Bertz CT molecular complexity index is 2390. The molecule has 2 aromatic heterocycles. The molecule has 4 aliphatic rings. The van der Waals surface area contributed by atoms with E-state index in [0.717, 1.165) is 37.1 Å². The molecule has 0 aliphatic carbocycles. The van der Waals surface area contributed by atoms with Gasteiger partial charge in [-0.2, -0.15) is 10.1 Å². The molecular weight excluding hydrogens is 785 g/mol. The molecule has 2 saturated heterocycles. The Hall–Kier alpha value is -6.03. The van der Waals surface area contributed by atoms with Crippen molar-refractivity contribution in [3.63, 3.8) is 0 Å². The monoisotopic (exact) mass is 835 g/mol. The first kappa shape index (κ1) is 41.7. The lowest BCUT2D eigenvalue weighted by molar-refractivity contribution is -0.134. The number of halogens is 2. The quantitative estimate of drug-likeness (QED) is 0.212. The average molecular weight is 836 g/mol. The highest BCUT2D eigenvalue weighted by Gasteiger charge is 2.34. The molecule has 16 heteroatoms. The molecule has 0 radical (unpaired) electrons. The number of ether oxygens (including phenoxy) is 1. The van der Waals surface area contributed by atoms with Crippen LogP contribution in [0.2, 0.25) is 0 Å². The SMILES string of the molecule is CCN(C(=O)c1ccc2c(c1)N1C[C@H](C)CCCOc3c(cnn3C)-c3cc(cc(C)n3)C(=O)/N=C/1N2)C1CCN(CCc2cc(F)c([C@H]3CCC(=O)NC3=O)c(F)c2)CC1. The highest BCUT2D eigenvalue weighted by Crippen LogP contribution is 2.37. The first-order valence-corrected chi connectivity index (χ1v) is 21.2. The van der Waals surface area contributed by atoms with Crippen LogP contribution in [-0.2, 0) is 23.1 Å². The third kappa shape index (κ3) is 8.76. The van der Waals surface area contributed by atoms with Crippen LogP contribution in [0.4, 0.5) is 20.2 Å². The van der Waals surface area contributed by atoms with Gasteiger partial charge in [-0.3, -0.25) is 29.5 Å². The molecule has 4 aliphatic heterocycles. The van der Waals surface area contributed by atoms with Crippen molar-refractivity contribution in [1.29, 1.82) is 0 Å². The zero-order chi connectivity index (χ0) is 42.9. The van der Waals surface area contributed by atoms with Crippen LogP contribution < -0.4 is 20.3 Å². The summed E-state index contributed by atoms with van der Waals surface area (Å²) in [5.74, 6) is -3.03. The molecule has 2 N–H and O–H groups in total. The number of piperidine rings is 2. The number of fused-ring (bicyclic) bond motifs is 7. The van der Waals surface area contributed by atoms with Gasteiger partial charge in [0.05, 0.1) is 41.4 Å². The zero-order valence-corrected chi connectivity index (χ0v) is 35.0. The number of aryl methyl sites for hydroxylation is 2. The van der Waals surface area contributed by atoms with E-state index in [1.165, 1.54) is 12.1 Å². The summed E-state index contributed by atoms with van der Waals surface area (Å²) >= 11 is 0. The Balaban J connectivity index is 0.943. The maximum Gasteiger partial charge on any atom is 0.280 e. The van der Waals surface area contributed by atoms with Gasteiger partial charge in [-0.05, 0) is 106 Å². The van der Waals surface area contributed by atoms with Gasteiger partial charge in [-0.1, -0.05) is 6.92 Å². The number of carbonyl (C=O) groups excluding carboxylic acids is 4. The van der Waals surface area contributed by atoms with Crippen LogP contribution in [0.1, 0.15) is 95.8 Å². The molecule has 0 spiro atoms. The Morgan fingerprint density at radius 1 is 1.00 bits per heavy atom. The van der Waals surface area contributed by atoms with Gasteiger partial charge >= 0.3 is 0 Å². The second-order valence-electron chi connectivity index (χ2n) is 16.6. The number of carbonyl (C=O) groups is 4. The molecule has 8 rings (SSSR count). The molecule has 2 aromatic carbocycles. The fraction of sp³-hybridized carbons (Fsp3) is 0.444. The molecule has 4 aromatic rings. The van der Waals surface area contributed by atoms with Crippen LogP contribution in [0.3, 0.4) is 0 Å². The van der Waals surface area contributed by atoms with Crippen molar-refractivity contribution in [2.24, 2.45) is 18.0 Å². The van der Waals surface area contributed by atoms with Crippen LogP contribution >= 0.6 is 0 Å². The Morgan fingerprint density at radius 2 is 1.77 bits per heavy atom. The van der Waals surface area contributed by atoms with E-state index in [9.17, 15) is 19.2 Å².